The first-order chi connectivity index (χ1) is 9.88. The Bertz CT molecular complexity index is 735. The number of H-pyrrole nitrogens is 1. The number of carbonyl (C=O) groups excluding carboxylic acids is 1. The van der Waals surface area contributed by atoms with Gasteiger partial charge in [-0.3, -0.25) is 4.79 Å². The van der Waals surface area contributed by atoms with Crippen LogP contribution in [0.25, 0.3) is 0 Å². The first-order valence-electron chi connectivity index (χ1n) is 5.87. The lowest BCUT2D eigenvalue weighted by molar-refractivity contribution is -0.389. The number of amides is 1. The molecule has 0 unspecified atom stereocenters. The minimum Gasteiger partial charge on any atom is -0.478 e. The van der Waals surface area contributed by atoms with Crippen LogP contribution in [0.15, 0.2) is 30.3 Å². The molecule has 2 rings (SSSR count). The number of benzene rings is 1. The van der Waals surface area contributed by atoms with E-state index in [0.717, 1.165) is 0 Å². The number of carboxylic acids is 1. The molecule has 1 aromatic heterocycles. The van der Waals surface area contributed by atoms with Crippen LogP contribution in [0.1, 0.15) is 26.4 Å². The van der Waals surface area contributed by atoms with Crippen molar-refractivity contribution in [3.63, 3.8) is 0 Å². The molecule has 0 aliphatic heterocycles. The standard InChI is InChI=1S/C13H11N3O5/c1-7-2-3-8(6-9(7)13(18)19)14-12(17)10-4-5-11(15-10)16(20)21/h2-6,15H,1H3,(H,14,17)(H,18,19). The van der Waals surface area contributed by atoms with Crippen molar-refractivity contribution in [3.05, 3.63) is 57.3 Å². The first kappa shape index (κ1) is 14.3. The monoisotopic (exact) mass is 289 g/mol. The van der Waals surface area contributed by atoms with Crippen LogP contribution in [-0.4, -0.2) is 26.9 Å². The molecule has 0 atom stereocenters. The zero-order valence-electron chi connectivity index (χ0n) is 10.9. The number of carboxylic acid groups (broad SMARTS) is 1. The second-order valence-electron chi connectivity index (χ2n) is 4.30. The third-order valence-corrected chi connectivity index (χ3v) is 2.84. The molecule has 108 valence electrons. The number of nitrogens with one attached hydrogen (secondary N) is 2. The number of hydrogen-bond acceptors (Lipinski definition) is 4. The number of nitro groups is 1. The summed E-state index contributed by atoms with van der Waals surface area (Å²) in [4.78, 5) is 35.2. The van der Waals surface area contributed by atoms with Crippen LogP contribution in [0, 0.1) is 17.0 Å². The van der Waals surface area contributed by atoms with Crippen LogP contribution in [0.5, 0.6) is 0 Å². The van der Waals surface area contributed by atoms with Gasteiger partial charge in [-0.15, -0.1) is 0 Å². The molecular formula is C13H11N3O5. The van der Waals surface area contributed by atoms with E-state index in [-0.39, 0.29) is 17.1 Å². The van der Waals surface area contributed by atoms with E-state index in [1.165, 1.54) is 18.2 Å². The number of anilines is 1. The third kappa shape index (κ3) is 3.06. The number of aromatic amines is 1. The van der Waals surface area contributed by atoms with Crippen LogP contribution in [0.4, 0.5) is 11.5 Å². The minimum atomic E-state index is -1.10. The van der Waals surface area contributed by atoms with Crippen molar-refractivity contribution < 1.29 is 19.6 Å². The minimum absolute atomic E-state index is 0.0131. The van der Waals surface area contributed by atoms with Gasteiger partial charge in [-0.05, 0) is 35.6 Å². The van der Waals surface area contributed by atoms with E-state index >= 15 is 0 Å². The largest absolute Gasteiger partial charge is 0.478 e. The van der Waals surface area contributed by atoms with Gasteiger partial charge in [0.1, 0.15) is 0 Å². The highest BCUT2D eigenvalue weighted by molar-refractivity contribution is 6.04. The van der Waals surface area contributed by atoms with Crippen molar-refractivity contribution in [1.82, 2.24) is 4.98 Å². The molecule has 2 aromatic rings. The fourth-order valence-corrected chi connectivity index (χ4v) is 1.75. The summed E-state index contributed by atoms with van der Waals surface area (Å²) in [7, 11) is 0. The van der Waals surface area contributed by atoms with Crippen molar-refractivity contribution in [2.24, 2.45) is 0 Å². The number of aromatic nitrogens is 1. The van der Waals surface area contributed by atoms with Crippen molar-refractivity contribution >= 4 is 23.4 Å². The Morgan fingerprint density at radius 1 is 1.29 bits per heavy atom. The smallest absolute Gasteiger partial charge is 0.336 e. The van der Waals surface area contributed by atoms with Gasteiger partial charge >= 0.3 is 11.8 Å². The van der Waals surface area contributed by atoms with Crippen LogP contribution in [0.3, 0.4) is 0 Å². The van der Waals surface area contributed by atoms with E-state index in [1.807, 2.05) is 0 Å². The van der Waals surface area contributed by atoms with E-state index in [9.17, 15) is 19.7 Å². The van der Waals surface area contributed by atoms with Crippen LogP contribution in [0.2, 0.25) is 0 Å². The van der Waals surface area contributed by atoms with Gasteiger partial charge in [0.25, 0.3) is 5.91 Å². The molecule has 21 heavy (non-hydrogen) atoms. The average molecular weight is 289 g/mol. The average Bonchev–Trinajstić information content (AvgIpc) is 2.90. The zero-order chi connectivity index (χ0) is 15.6. The molecule has 0 saturated carbocycles. The number of rotatable bonds is 4. The van der Waals surface area contributed by atoms with E-state index in [2.05, 4.69) is 10.3 Å². The number of aryl methyl sites for hydroxylation is 1. The van der Waals surface area contributed by atoms with Crippen LogP contribution >= 0.6 is 0 Å². The number of aromatic carboxylic acids is 1. The highest BCUT2D eigenvalue weighted by Crippen LogP contribution is 2.17. The van der Waals surface area contributed by atoms with Gasteiger partial charge in [0.05, 0.1) is 5.56 Å². The number of nitrogens with zero attached hydrogens (tertiary/aromatic N) is 1. The fourth-order valence-electron chi connectivity index (χ4n) is 1.75. The zero-order valence-corrected chi connectivity index (χ0v) is 10.9. The van der Waals surface area contributed by atoms with Crippen molar-refractivity contribution in [2.75, 3.05) is 5.32 Å². The van der Waals surface area contributed by atoms with E-state index in [4.69, 9.17) is 5.11 Å². The molecule has 1 aromatic carbocycles. The fraction of sp³-hybridized carbons (Fsp3) is 0.0769. The third-order valence-electron chi connectivity index (χ3n) is 2.84. The molecule has 0 fully saturated rings. The van der Waals surface area contributed by atoms with Crippen molar-refractivity contribution in [3.8, 4) is 0 Å². The molecule has 0 aliphatic rings. The van der Waals surface area contributed by atoms with E-state index in [1.54, 1.807) is 19.1 Å². The van der Waals surface area contributed by atoms with Crippen LogP contribution < -0.4 is 5.32 Å². The first-order valence-corrected chi connectivity index (χ1v) is 5.87. The maximum Gasteiger partial charge on any atom is 0.336 e. The van der Waals surface area contributed by atoms with Crippen LogP contribution in [-0.2, 0) is 0 Å². The lowest BCUT2D eigenvalue weighted by Gasteiger charge is -2.06. The Hall–Kier alpha value is -3.16. The Kier molecular flexibility index (Phi) is 3.70. The second kappa shape index (κ2) is 5.45. The molecule has 8 heteroatoms. The number of carbonyl (C=O) groups is 2. The Morgan fingerprint density at radius 2 is 2.00 bits per heavy atom. The second-order valence-corrected chi connectivity index (χ2v) is 4.30. The molecule has 1 amide bonds. The van der Waals surface area contributed by atoms with Gasteiger partial charge in [0.2, 0.25) is 0 Å². The number of hydrogen-bond donors (Lipinski definition) is 3. The quantitative estimate of drug-likeness (QED) is 0.587. The van der Waals surface area contributed by atoms with Crippen molar-refractivity contribution in [2.45, 2.75) is 6.92 Å². The summed E-state index contributed by atoms with van der Waals surface area (Å²) >= 11 is 0. The molecule has 0 radical (unpaired) electrons. The lowest BCUT2D eigenvalue weighted by Crippen LogP contribution is -2.13. The summed E-state index contributed by atoms with van der Waals surface area (Å²) < 4.78 is 0. The van der Waals surface area contributed by atoms with Gasteiger partial charge in [-0.2, -0.15) is 0 Å². The van der Waals surface area contributed by atoms with Gasteiger partial charge in [0, 0.05) is 11.8 Å². The summed E-state index contributed by atoms with van der Waals surface area (Å²) in [5.74, 6) is -1.99. The highest BCUT2D eigenvalue weighted by Gasteiger charge is 2.16. The molecule has 0 saturated heterocycles. The lowest BCUT2D eigenvalue weighted by atomic mass is 10.1. The molecule has 0 spiro atoms. The van der Waals surface area contributed by atoms with Gasteiger partial charge in [-0.1, -0.05) is 6.07 Å². The Labute approximate surface area is 118 Å². The predicted octanol–water partition coefficient (Wildman–Crippen LogP) is 2.18. The summed E-state index contributed by atoms with van der Waals surface area (Å²) in [6.45, 7) is 1.64. The normalized spacial score (nSPS) is 10.1. The molecular weight excluding hydrogens is 278 g/mol. The maximum absolute atomic E-state index is 11.9. The summed E-state index contributed by atoms with van der Waals surface area (Å²) in [5, 5.41) is 22.0. The van der Waals surface area contributed by atoms with Gasteiger partial charge in [-0.25, -0.2) is 9.78 Å². The molecule has 8 nitrogen and oxygen atoms in total. The topological polar surface area (TPSA) is 125 Å². The maximum atomic E-state index is 11.9. The summed E-state index contributed by atoms with van der Waals surface area (Å²) in [6, 6.07) is 6.90. The molecule has 3 N–H and O–H groups in total. The Morgan fingerprint density at radius 3 is 2.57 bits per heavy atom. The van der Waals surface area contributed by atoms with Crippen molar-refractivity contribution in [1.29, 1.82) is 0 Å². The van der Waals surface area contributed by atoms with Gasteiger partial charge in [0.15, 0.2) is 5.69 Å². The van der Waals surface area contributed by atoms with E-state index in [0.29, 0.717) is 11.3 Å². The molecule has 1 heterocycles. The Balaban J connectivity index is 2.21. The SMILES string of the molecule is Cc1ccc(NC(=O)c2ccc([N+](=O)[O-])[nH]2)cc1C(=O)O. The highest BCUT2D eigenvalue weighted by atomic mass is 16.6. The molecule has 0 bridgehead atoms. The summed E-state index contributed by atoms with van der Waals surface area (Å²) in [5.41, 5.74) is 0.945. The molecule has 0 aliphatic carbocycles. The summed E-state index contributed by atoms with van der Waals surface area (Å²) in [6.07, 6.45) is 0. The predicted molar refractivity (Wildman–Crippen MR) is 73.5 cm³/mol. The van der Waals surface area contributed by atoms with Gasteiger partial charge < -0.3 is 20.5 Å². The van der Waals surface area contributed by atoms with E-state index < -0.39 is 16.8 Å².